The Kier molecular flexibility index (Phi) is 5.91. The van der Waals surface area contributed by atoms with Crippen LogP contribution in [0.2, 0.25) is 0 Å². The van der Waals surface area contributed by atoms with Crippen LogP contribution in [0.25, 0.3) is 0 Å². The van der Waals surface area contributed by atoms with Gasteiger partial charge in [-0.2, -0.15) is 0 Å². The summed E-state index contributed by atoms with van der Waals surface area (Å²) in [7, 11) is 0. The Morgan fingerprint density at radius 1 is 1.16 bits per heavy atom. The Labute approximate surface area is 147 Å². The van der Waals surface area contributed by atoms with E-state index in [1.165, 1.54) is 31.0 Å². The lowest BCUT2D eigenvalue weighted by molar-refractivity contribution is -0.128. The molecular weight excluding hydrogens is 325 g/mol. The van der Waals surface area contributed by atoms with E-state index < -0.39 is 30.2 Å². The smallest absolute Gasteiger partial charge is 0.220 e. The van der Waals surface area contributed by atoms with Gasteiger partial charge in [-0.15, -0.1) is 0 Å². The van der Waals surface area contributed by atoms with Crippen LogP contribution in [0.1, 0.15) is 44.9 Å². The van der Waals surface area contributed by atoms with E-state index in [0.29, 0.717) is 30.9 Å². The minimum absolute atomic E-state index is 0.0624. The van der Waals surface area contributed by atoms with Gasteiger partial charge in [0.1, 0.15) is 29.9 Å². The molecule has 138 valence electrons. The third-order valence-corrected chi connectivity index (χ3v) is 5.28. The Morgan fingerprint density at radius 3 is 2.64 bits per heavy atom. The molecule has 2 fully saturated rings. The van der Waals surface area contributed by atoms with Crippen LogP contribution >= 0.6 is 0 Å². The fourth-order valence-corrected chi connectivity index (χ4v) is 3.89. The molecule has 5 nitrogen and oxygen atoms in total. The fraction of sp³-hybridized carbons (Fsp3) is 0.632. The molecule has 2 saturated carbocycles. The van der Waals surface area contributed by atoms with Crippen molar-refractivity contribution in [3.05, 3.63) is 30.1 Å². The lowest BCUT2D eigenvalue weighted by Gasteiger charge is -2.38. The van der Waals surface area contributed by atoms with Gasteiger partial charge in [-0.1, -0.05) is 18.9 Å². The number of amides is 1. The summed E-state index contributed by atoms with van der Waals surface area (Å²) in [6, 6.07) is 5.22. The van der Waals surface area contributed by atoms with Gasteiger partial charge in [0.05, 0.1) is 6.04 Å². The maximum atomic E-state index is 13.2. The first-order valence-corrected chi connectivity index (χ1v) is 9.10. The molecule has 1 aromatic rings. The molecule has 3 rings (SSSR count). The minimum Gasteiger partial charge on any atom is -0.488 e. The molecular formula is C19H26FNO4. The van der Waals surface area contributed by atoms with E-state index in [4.69, 9.17) is 4.74 Å². The average molecular weight is 351 g/mol. The lowest BCUT2D eigenvalue weighted by atomic mass is 9.87. The lowest BCUT2D eigenvalue weighted by Crippen LogP contribution is -2.57. The van der Waals surface area contributed by atoms with Crippen molar-refractivity contribution in [3.63, 3.8) is 0 Å². The second kappa shape index (κ2) is 8.15. The monoisotopic (exact) mass is 351 g/mol. The number of halogens is 1. The van der Waals surface area contributed by atoms with Gasteiger partial charge in [-0.05, 0) is 43.7 Å². The highest BCUT2D eigenvalue weighted by Gasteiger charge is 2.39. The molecule has 0 spiro atoms. The molecule has 2 aliphatic carbocycles. The first-order valence-electron chi connectivity index (χ1n) is 9.10. The molecule has 0 unspecified atom stereocenters. The van der Waals surface area contributed by atoms with E-state index >= 15 is 0 Å². The molecule has 0 heterocycles. The summed E-state index contributed by atoms with van der Waals surface area (Å²) in [6.45, 7) is 0. The highest BCUT2D eigenvalue weighted by atomic mass is 19.1. The number of ether oxygens (including phenoxy) is 1. The Balaban J connectivity index is 1.52. The zero-order valence-electron chi connectivity index (χ0n) is 14.2. The molecule has 1 aromatic carbocycles. The number of nitrogens with one attached hydrogen (secondary N) is 1. The summed E-state index contributed by atoms with van der Waals surface area (Å²) in [6.07, 6.45) is 3.16. The second-order valence-corrected chi connectivity index (χ2v) is 7.20. The maximum absolute atomic E-state index is 13.2. The SMILES string of the molecule is O=C(CC1CCCC1)N[C@@H]1CC[C@@H](Oc2cccc(F)c2)[C@@H](O)[C@@H]1O. The number of rotatable bonds is 5. The van der Waals surface area contributed by atoms with Crippen molar-refractivity contribution in [3.8, 4) is 5.75 Å². The molecule has 6 heteroatoms. The summed E-state index contributed by atoms with van der Waals surface area (Å²) in [5.74, 6) is 0.280. The highest BCUT2D eigenvalue weighted by molar-refractivity contribution is 5.76. The van der Waals surface area contributed by atoms with Crippen molar-refractivity contribution < 1.29 is 24.1 Å². The molecule has 3 N–H and O–H groups in total. The molecule has 2 aliphatic rings. The first kappa shape index (κ1) is 18.1. The summed E-state index contributed by atoms with van der Waals surface area (Å²) in [5, 5.41) is 23.5. The normalized spacial score (nSPS) is 30.2. The molecule has 1 amide bonds. The predicted octanol–water partition coefficient (Wildman–Crippen LogP) is 2.15. The van der Waals surface area contributed by atoms with Crippen molar-refractivity contribution in [2.24, 2.45) is 5.92 Å². The van der Waals surface area contributed by atoms with Crippen molar-refractivity contribution in [2.75, 3.05) is 0 Å². The van der Waals surface area contributed by atoms with Crippen molar-refractivity contribution in [1.82, 2.24) is 5.32 Å². The van der Waals surface area contributed by atoms with Crippen molar-refractivity contribution in [1.29, 1.82) is 0 Å². The van der Waals surface area contributed by atoms with Crippen LogP contribution in [0.5, 0.6) is 5.75 Å². The summed E-state index contributed by atoms with van der Waals surface area (Å²) >= 11 is 0. The van der Waals surface area contributed by atoms with Gasteiger partial charge < -0.3 is 20.3 Å². The van der Waals surface area contributed by atoms with Gasteiger partial charge in [0.15, 0.2) is 0 Å². The highest BCUT2D eigenvalue weighted by Crippen LogP contribution is 2.28. The summed E-state index contributed by atoms with van der Waals surface area (Å²) < 4.78 is 18.8. The minimum atomic E-state index is -1.13. The van der Waals surface area contributed by atoms with Gasteiger partial charge in [-0.25, -0.2) is 4.39 Å². The number of aliphatic hydroxyl groups excluding tert-OH is 2. The first-order chi connectivity index (χ1) is 12.0. The van der Waals surface area contributed by atoms with Crippen LogP contribution < -0.4 is 10.1 Å². The summed E-state index contributed by atoms with van der Waals surface area (Å²) in [5.41, 5.74) is 0. The zero-order chi connectivity index (χ0) is 17.8. The topological polar surface area (TPSA) is 78.8 Å². The van der Waals surface area contributed by atoms with E-state index in [0.717, 1.165) is 12.8 Å². The van der Waals surface area contributed by atoms with Crippen LogP contribution in [0.15, 0.2) is 24.3 Å². The standard InChI is InChI=1S/C19H26FNO4/c20-13-6-3-7-14(11-13)25-16-9-8-15(18(23)19(16)24)21-17(22)10-12-4-1-2-5-12/h3,6-7,11-12,15-16,18-19,23-24H,1-2,4-5,8-10H2,(H,21,22)/t15-,16-,18-,19-/m1/s1. The number of aliphatic hydroxyl groups is 2. The van der Waals surface area contributed by atoms with Crippen LogP contribution in [0.3, 0.4) is 0 Å². The van der Waals surface area contributed by atoms with E-state index in [9.17, 15) is 19.4 Å². The Hall–Kier alpha value is -1.66. The number of benzene rings is 1. The average Bonchev–Trinajstić information content (AvgIpc) is 3.07. The van der Waals surface area contributed by atoms with Gasteiger partial charge in [0, 0.05) is 12.5 Å². The molecule has 0 bridgehead atoms. The molecule has 4 atom stereocenters. The maximum Gasteiger partial charge on any atom is 0.220 e. The molecule has 25 heavy (non-hydrogen) atoms. The Bertz CT molecular complexity index is 591. The largest absolute Gasteiger partial charge is 0.488 e. The molecule has 0 radical (unpaired) electrons. The van der Waals surface area contributed by atoms with Gasteiger partial charge in [-0.3, -0.25) is 4.79 Å². The Morgan fingerprint density at radius 2 is 1.92 bits per heavy atom. The fourth-order valence-electron chi connectivity index (χ4n) is 3.89. The second-order valence-electron chi connectivity index (χ2n) is 7.20. The van der Waals surface area contributed by atoms with Gasteiger partial charge in [0.25, 0.3) is 0 Å². The van der Waals surface area contributed by atoms with Crippen molar-refractivity contribution >= 4 is 5.91 Å². The van der Waals surface area contributed by atoms with Gasteiger partial charge in [0.2, 0.25) is 5.91 Å². The van der Waals surface area contributed by atoms with E-state index in [1.54, 1.807) is 6.07 Å². The van der Waals surface area contributed by atoms with Crippen LogP contribution in [-0.2, 0) is 4.79 Å². The van der Waals surface area contributed by atoms with E-state index in [-0.39, 0.29) is 5.91 Å². The van der Waals surface area contributed by atoms with Crippen LogP contribution in [-0.4, -0.2) is 40.5 Å². The molecule has 0 aliphatic heterocycles. The predicted molar refractivity (Wildman–Crippen MR) is 90.6 cm³/mol. The molecule has 0 saturated heterocycles. The third kappa shape index (κ3) is 4.70. The van der Waals surface area contributed by atoms with E-state index in [1.807, 2.05) is 0 Å². The number of carbonyl (C=O) groups is 1. The van der Waals surface area contributed by atoms with Gasteiger partial charge >= 0.3 is 0 Å². The number of carbonyl (C=O) groups excluding carboxylic acids is 1. The number of hydrogen-bond acceptors (Lipinski definition) is 4. The van der Waals surface area contributed by atoms with Crippen LogP contribution in [0.4, 0.5) is 4.39 Å². The van der Waals surface area contributed by atoms with Crippen molar-refractivity contribution in [2.45, 2.75) is 69.3 Å². The quantitative estimate of drug-likeness (QED) is 0.760. The van der Waals surface area contributed by atoms with E-state index in [2.05, 4.69) is 5.32 Å². The van der Waals surface area contributed by atoms with Crippen LogP contribution in [0, 0.1) is 11.7 Å². The third-order valence-electron chi connectivity index (χ3n) is 5.28. The summed E-state index contributed by atoms with van der Waals surface area (Å²) in [4.78, 5) is 12.2. The zero-order valence-corrected chi connectivity index (χ0v) is 14.2. The number of hydrogen-bond donors (Lipinski definition) is 3. The molecule has 0 aromatic heterocycles.